The number of nitrogens with zero attached hydrogens (tertiary/aromatic N) is 4. The summed E-state index contributed by atoms with van der Waals surface area (Å²) in [7, 11) is 1.56. The molecule has 200 valence electrons. The topological polar surface area (TPSA) is 94.7 Å². The monoisotopic (exact) mass is 543 g/mol. The summed E-state index contributed by atoms with van der Waals surface area (Å²) >= 11 is 5.88. The first kappa shape index (κ1) is 26.2. The minimum Gasteiger partial charge on any atom is -0.495 e. The van der Waals surface area contributed by atoms with Gasteiger partial charge in [0.05, 0.1) is 42.1 Å². The van der Waals surface area contributed by atoms with Crippen molar-refractivity contribution in [3.63, 3.8) is 0 Å². The normalized spacial score (nSPS) is 16.7. The van der Waals surface area contributed by atoms with Crippen LogP contribution in [0.15, 0.2) is 72.9 Å². The zero-order chi connectivity index (χ0) is 27.7. The lowest BCUT2D eigenvalue weighted by Gasteiger charge is -2.28. The maximum Gasteiger partial charge on any atom is 0.271 e. The molecule has 0 amide bonds. The molecule has 3 heterocycles. The zero-order valence-electron chi connectivity index (χ0n) is 22.1. The maximum atomic E-state index is 11.6. The maximum absolute atomic E-state index is 11.6. The van der Waals surface area contributed by atoms with E-state index < -0.39 is 4.92 Å². The fourth-order valence-corrected chi connectivity index (χ4v) is 5.59. The van der Waals surface area contributed by atoms with Crippen molar-refractivity contribution < 1.29 is 14.4 Å². The molecule has 1 aliphatic rings. The second-order valence-corrected chi connectivity index (χ2v) is 9.59. The number of pyridine rings is 1. The number of nitrogens with one attached hydrogen (secondary N) is 1. The summed E-state index contributed by atoms with van der Waals surface area (Å²) in [5.41, 5.74) is 5.20. The molecule has 39 heavy (non-hydrogen) atoms. The number of aryl methyl sites for hydroxylation is 1. The summed E-state index contributed by atoms with van der Waals surface area (Å²) in [5, 5.41) is 15.7. The van der Waals surface area contributed by atoms with E-state index in [2.05, 4.69) is 21.3 Å². The van der Waals surface area contributed by atoms with Crippen LogP contribution in [0, 0.1) is 24.0 Å². The Kier molecular flexibility index (Phi) is 7.21. The highest BCUT2D eigenvalue weighted by Crippen LogP contribution is 2.44. The Morgan fingerprint density at radius 3 is 2.51 bits per heavy atom. The molecule has 0 unspecified atom stereocenters. The molecule has 1 fully saturated rings. The van der Waals surface area contributed by atoms with Gasteiger partial charge in [-0.2, -0.15) is 0 Å². The number of non-ortho nitro benzene ring substituents is 1. The molecule has 2 atom stereocenters. The van der Waals surface area contributed by atoms with Gasteiger partial charge in [-0.25, -0.2) is 0 Å². The summed E-state index contributed by atoms with van der Waals surface area (Å²) < 4.78 is 13.2. The Hall–Kier alpha value is -4.44. The number of aromatic nitrogens is 2. The molecule has 5 rings (SSSR count). The Morgan fingerprint density at radius 1 is 1.10 bits per heavy atom. The van der Waals surface area contributed by atoms with Gasteiger partial charge in [-0.3, -0.25) is 15.1 Å². The molecule has 1 N–H and O–H groups in total. The molecule has 0 bridgehead atoms. The van der Waals surface area contributed by atoms with Gasteiger partial charge < -0.3 is 24.3 Å². The highest BCUT2D eigenvalue weighted by Gasteiger charge is 2.42. The van der Waals surface area contributed by atoms with Crippen molar-refractivity contribution in [2.24, 2.45) is 0 Å². The first-order valence-corrected chi connectivity index (χ1v) is 13.0. The lowest BCUT2D eigenvalue weighted by atomic mass is 9.96. The SMILES string of the molecule is CCOc1ccc(N2C(=S)N[C@H](c3ccccn3)[C@@H]2c2cc(C)n(-c3cc([N+](=O)[O-])ccc3OC)c2C)cc1. The molecule has 4 aromatic rings. The molecule has 1 saturated heterocycles. The van der Waals surface area contributed by atoms with Crippen LogP contribution >= 0.6 is 12.2 Å². The van der Waals surface area contributed by atoms with Crippen molar-refractivity contribution >= 4 is 28.7 Å². The molecule has 0 aliphatic carbocycles. The minimum absolute atomic E-state index is 0.00839. The predicted octanol–water partition coefficient (Wildman–Crippen LogP) is 5.98. The zero-order valence-corrected chi connectivity index (χ0v) is 22.9. The summed E-state index contributed by atoms with van der Waals surface area (Å²) in [6.45, 7) is 6.52. The Bertz CT molecular complexity index is 1520. The molecule has 0 saturated carbocycles. The Morgan fingerprint density at radius 2 is 1.87 bits per heavy atom. The van der Waals surface area contributed by atoms with E-state index in [0.717, 1.165) is 34.1 Å². The fourth-order valence-electron chi connectivity index (χ4n) is 5.24. The van der Waals surface area contributed by atoms with Crippen molar-refractivity contribution in [1.29, 1.82) is 0 Å². The third-order valence-electron chi connectivity index (χ3n) is 6.93. The molecule has 10 heteroatoms. The second-order valence-electron chi connectivity index (χ2n) is 9.20. The number of anilines is 1. The lowest BCUT2D eigenvalue weighted by molar-refractivity contribution is -0.384. The van der Waals surface area contributed by atoms with Gasteiger partial charge in [0.25, 0.3) is 5.69 Å². The van der Waals surface area contributed by atoms with Crippen LogP contribution in [0.3, 0.4) is 0 Å². The van der Waals surface area contributed by atoms with Crippen LogP contribution in [0.5, 0.6) is 11.5 Å². The number of rotatable bonds is 8. The largest absolute Gasteiger partial charge is 0.495 e. The fraction of sp³-hybridized carbons (Fsp3) is 0.241. The number of nitro groups is 1. The number of benzene rings is 2. The van der Waals surface area contributed by atoms with Gasteiger partial charge in [0.1, 0.15) is 11.5 Å². The molecule has 0 radical (unpaired) electrons. The first-order valence-electron chi connectivity index (χ1n) is 12.6. The molecule has 2 aromatic carbocycles. The minimum atomic E-state index is -0.401. The highest BCUT2D eigenvalue weighted by atomic mass is 32.1. The van der Waals surface area contributed by atoms with Crippen LogP contribution in [-0.2, 0) is 0 Å². The predicted molar refractivity (Wildman–Crippen MR) is 154 cm³/mol. The molecule has 1 aliphatic heterocycles. The van der Waals surface area contributed by atoms with Gasteiger partial charge in [0.2, 0.25) is 0 Å². The Labute approximate surface area is 232 Å². The van der Waals surface area contributed by atoms with E-state index in [-0.39, 0.29) is 17.8 Å². The van der Waals surface area contributed by atoms with E-state index in [0.29, 0.717) is 23.2 Å². The van der Waals surface area contributed by atoms with E-state index in [1.54, 1.807) is 25.4 Å². The van der Waals surface area contributed by atoms with Crippen LogP contribution in [-0.4, -0.2) is 33.3 Å². The van der Waals surface area contributed by atoms with Crippen molar-refractivity contribution in [1.82, 2.24) is 14.9 Å². The van der Waals surface area contributed by atoms with E-state index in [1.807, 2.05) is 67.8 Å². The van der Waals surface area contributed by atoms with Crippen LogP contribution in [0.25, 0.3) is 5.69 Å². The van der Waals surface area contributed by atoms with Crippen LogP contribution in [0.2, 0.25) is 0 Å². The van der Waals surface area contributed by atoms with Gasteiger partial charge in [-0.05, 0) is 87.1 Å². The summed E-state index contributed by atoms with van der Waals surface area (Å²) in [6, 6.07) is 19.9. The van der Waals surface area contributed by atoms with Crippen molar-refractivity contribution in [3.8, 4) is 17.2 Å². The van der Waals surface area contributed by atoms with Gasteiger partial charge in [0.15, 0.2) is 5.11 Å². The first-order chi connectivity index (χ1) is 18.8. The smallest absolute Gasteiger partial charge is 0.271 e. The third-order valence-corrected chi connectivity index (χ3v) is 7.24. The van der Waals surface area contributed by atoms with Crippen molar-refractivity contribution in [3.05, 3.63) is 106 Å². The molecule has 2 aromatic heterocycles. The van der Waals surface area contributed by atoms with Crippen molar-refractivity contribution in [2.75, 3.05) is 18.6 Å². The molecular formula is C29H29N5O4S. The highest BCUT2D eigenvalue weighted by molar-refractivity contribution is 7.80. The number of hydrogen-bond donors (Lipinski definition) is 1. The standard InChI is InChI=1S/C29H29N5O4S/c1-5-38-22-12-9-20(10-13-22)33-28(27(31-29(33)39)24-8-6-7-15-30-24)23-16-18(2)32(19(23)3)25-17-21(34(35)36)11-14-26(25)37-4/h6-17,27-28H,5H2,1-4H3,(H,31,39)/t27-,28+/m1/s1. The number of hydrogen-bond acceptors (Lipinski definition) is 6. The average Bonchev–Trinajstić information content (AvgIpc) is 3.44. The van der Waals surface area contributed by atoms with Gasteiger partial charge in [-0.15, -0.1) is 0 Å². The summed E-state index contributed by atoms with van der Waals surface area (Å²) in [6.07, 6.45) is 1.77. The van der Waals surface area contributed by atoms with Gasteiger partial charge >= 0.3 is 0 Å². The number of nitro benzene ring substituents is 1. The van der Waals surface area contributed by atoms with Gasteiger partial charge in [0, 0.05) is 35.4 Å². The van der Waals surface area contributed by atoms with Gasteiger partial charge in [-0.1, -0.05) is 6.07 Å². The molecule has 0 spiro atoms. The van der Waals surface area contributed by atoms with E-state index >= 15 is 0 Å². The van der Waals surface area contributed by atoms with E-state index in [4.69, 9.17) is 21.7 Å². The van der Waals surface area contributed by atoms with E-state index in [1.165, 1.54) is 6.07 Å². The van der Waals surface area contributed by atoms with Crippen LogP contribution in [0.1, 0.15) is 41.7 Å². The van der Waals surface area contributed by atoms with Crippen molar-refractivity contribution in [2.45, 2.75) is 32.9 Å². The number of methoxy groups -OCH3 is 1. The number of ether oxygens (including phenoxy) is 2. The third kappa shape index (κ3) is 4.79. The quantitative estimate of drug-likeness (QED) is 0.165. The van der Waals surface area contributed by atoms with E-state index in [9.17, 15) is 10.1 Å². The van der Waals surface area contributed by atoms with Crippen LogP contribution < -0.4 is 19.7 Å². The lowest BCUT2D eigenvalue weighted by Crippen LogP contribution is -2.29. The average molecular weight is 544 g/mol. The summed E-state index contributed by atoms with van der Waals surface area (Å²) in [5.74, 6) is 1.33. The Balaban J connectivity index is 1.67. The van der Waals surface area contributed by atoms with Crippen LogP contribution in [0.4, 0.5) is 11.4 Å². The summed E-state index contributed by atoms with van der Waals surface area (Å²) in [4.78, 5) is 17.9. The number of thiocarbonyl (C=S) groups is 1. The molecule has 9 nitrogen and oxygen atoms in total. The second kappa shape index (κ2) is 10.7. The molecular weight excluding hydrogens is 514 g/mol.